The third kappa shape index (κ3) is 5.22. The molecule has 0 aliphatic heterocycles. The molecular weight excluding hydrogens is 492 g/mol. The Morgan fingerprint density at radius 2 is 1.94 bits per heavy atom. The molecule has 0 saturated heterocycles. The first-order valence-corrected chi connectivity index (χ1v) is 13.7. The number of ether oxygens (including phenoxy) is 1. The number of nitrogens with one attached hydrogen (secondary N) is 1. The summed E-state index contributed by atoms with van der Waals surface area (Å²) in [7, 11) is 0. The fraction of sp³-hybridized carbons (Fsp3) is 0.259. The number of amides is 1. The largest absolute Gasteiger partial charge is 0.494 e. The highest BCUT2D eigenvalue weighted by Crippen LogP contribution is 2.35. The monoisotopic (exact) mass is 518 g/mol. The number of rotatable bonds is 8. The number of nitrogens with zero attached hydrogens (tertiary/aromatic N) is 3. The van der Waals surface area contributed by atoms with Gasteiger partial charge in [0.2, 0.25) is 0 Å². The third-order valence-electron chi connectivity index (χ3n) is 5.90. The van der Waals surface area contributed by atoms with Crippen LogP contribution in [0.3, 0.4) is 0 Å². The van der Waals surface area contributed by atoms with Gasteiger partial charge in [0.15, 0.2) is 5.16 Å². The zero-order valence-electron chi connectivity index (χ0n) is 19.9. The van der Waals surface area contributed by atoms with Crippen molar-refractivity contribution in [3.8, 4) is 11.4 Å². The van der Waals surface area contributed by atoms with Gasteiger partial charge in [0.05, 0.1) is 29.6 Å². The maximum absolute atomic E-state index is 13.8. The van der Waals surface area contributed by atoms with Crippen molar-refractivity contribution in [2.24, 2.45) is 5.10 Å². The Morgan fingerprint density at radius 3 is 2.72 bits per heavy atom. The highest BCUT2D eigenvalue weighted by atomic mass is 32.2. The second-order valence-electron chi connectivity index (χ2n) is 8.35. The standard InChI is InChI=1S/C27H26N4O3S2/c1-2-34-20-14-12-19(13-15-20)31-26(33)24-21-10-6-7-11-22(21)36-25(24)29-27(31)35-17-23(32)30-28-16-18-8-4-3-5-9-18/h3-5,8-9,12-16H,2,6-7,10-11,17H2,1H3,(H,30,32). The van der Waals surface area contributed by atoms with Crippen LogP contribution in [0.2, 0.25) is 0 Å². The van der Waals surface area contributed by atoms with Crippen LogP contribution in [0.1, 0.15) is 35.8 Å². The van der Waals surface area contributed by atoms with Crippen molar-refractivity contribution in [3.63, 3.8) is 0 Å². The molecule has 0 unspecified atom stereocenters. The SMILES string of the molecule is CCOc1ccc(-n2c(SCC(=O)NN=Cc3ccccc3)nc3sc4c(c3c2=O)CCCC4)cc1. The zero-order chi connectivity index (χ0) is 24.9. The van der Waals surface area contributed by atoms with Crippen LogP contribution in [-0.4, -0.2) is 34.0 Å². The number of benzene rings is 2. The Balaban J connectivity index is 1.45. The molecule has 4 aromatic rings. The van der Waals surface area contributed by atoms with Crippen LogP contribution in [0.15, 0.2) is 69.6 Å². The van der Waals surface area contributed by atoms with E-state index in [1.54, 1.807) is 22.1 Å². The predicted octanol–water partition coefficient (Wildman–Crippen LogP) is 4.97. The van der Waals surface area contributed by atoms with Crippen LogP contribution in [0, 0.1) is 0 Å². The Morgan fingerprint density at radius 1 is 1.17 bits per heavy atom. The lowest BCUT2D eigenvalue weighted by atomic mass is 9.97. The number of aryl methyl sites for hydroxylation is 2. The van der Waals surface area contributed by atoms with Crippen molar-refractivity contribution >= 4 is 45.4 Å². The summed E-state index contributed by atoms with van der Waals surface area (Å²) in [4.78, 5) is 33.2. The van der Waals surface area contributed by atoms with E-state index in [1.165, 1.54) is 16.6 Å². The van der Waals surface area contributed by atoms with E-state index in [1.807, 2.05) is 61.5 Å². The first-order chi connectivity index (χ1) is 17.6. The average molecular weight is 519 g/mol. The predicted molar refractivity (Wildman–Crippen MR) is 146 cm³/mol. The van der Waals surface area contributed by atoms with Crippen molar-refractivity contribution < 1.29 is 9.53 Å². The van der Waals surface area contributed by atoms with Crippen LogP contribution in [0.5, 0.6) is 5.75 Å². The maximum Gasteiger partial charge on any atom is 0.267 e. The number of hydrogen-bond donors (Lipinski definition) is 1. The van der Waals surface area contributed by atoms with Gasteiger partial charge in [0.25, 0.3) is 11.5 Å². The molecule has 7 nitrogen and oxygen atoms in total. The van der Waals surface area contributed by atoms with Crippen molar-refractivity contribution in [1.82, 2.24) is 15.0 Å². The molecule has 0 radical (unpaired) electrons. The van der Waals surface area contributed by atoms with Gasteiger partial charge >= 0.3 is 0 Å². The second-order valence-corrected chi connectivity index (χ2v) is 10.4. The van der Waals surface area contributed by atoms with E-state index in [0.29, 0.717) is 22.8 Å². The third-order valence-corrected chi connectivity index (χ3v) is 8.02. The van der Waals surface area contributed by atoms with Gasteiger partial charge in [-0.25, -0.2) is 10.4 Å². The summed E-state index contributed by atoms with van der Waals surface area (Å²) < 4.78 is 7.18. The lowest BCUT2D eigenvalue weighted by Crippen LogP contribution is -2.24. The number of fused-ring (bicyclic) bond motifs is 3. The molecule has 0 saturated carbocycles. The Labute approximate surface area is 217 Å². The topological polar surface area (TPSA) is 85.6 Å². The number of hydrazone groups is 1. The summed E-state index contributed by atoms with van der Waals surface area (Å²) >= 11 is 2.83. The molecule has 2 aromatic heterocycles. The van der Waals surface area contributed by atoms with Crippen LogP contribution >= 0.6 is 23.1 Å². The lowest BCUT2D eigenvalue weighted by molar-refractivity contribution is -0.118. The van der Waals surface area contributed by atoms with E-state index >= 15 is 0 Å². The van der Waals surface area contributed by atoms with Crippen molar-refractivity contribution in [2.75, 3.05) is 12.4 Å². The van der Waals surface area contributed by atoms with Gasteiger partial charge < -0.3 is 4.74 Å². The Kier molecular flexibility index (Phi) is 7.48. The molecule has 184 valence electrons. The normalized spacial score (nSPS) is 13.1. The summed E-state index contributed by atoms with van der Waals surface area (Å²) in [6.45, 7) is 2.50. The lowest BCUT2D eigenvalue weighted by Gasteiger charge is -2.14. The Bertz CT molecular complexity index is 1460. The van der Waals surface area contributed by atoms with Gasteiger partial charge in [-0.3, -0.25) is 14.2 Å². The van der Waals surface area contributed by atoms with Crippen LogP contribution < -0.4 is 15.7 Å². The smallest absolute Gasteiger partial charge is 0.267 e. The number of carbonyl (C=O) groups is 1. The molecule has 0 atom stereocenters. The van der Waals surface area contributed by atoms with Gasteiger partial charge in [-0.2, -0.15) is 5.10 Å². The van der Waals surface area contributed by atoms with E-state index in [-0.39, 0.29) is 17.2 Å². The number of aromatic nitrogens is 2. The van der Waals surface area contributed by atoms with E-state index in [0.717, 1.165) is 47.4 Å². The molecule has 0 fully saturated rings. The van der Waals surface area contributed by atoms with Crippen molar-refractivity contribution in [3.05, 3.63) is 81.0 Å². The zero-order valence-corrected chi connectivity index (χ0v) is 21.5. The van der Waals surface area contributed by atoms with Crippen LogP contribution in [0.4, 0.5) is 0 Å². The molecule has 1 N–H and O–H groups in total. The molecule has 1 amide bonds. The van der Waals surface area contributed by atoms with E-state index in [4.69, 9.17) is 9.72 Å². The number of thiophene rings is 1. The minimum atomic E-state index is -0.273. The number of thioether (sulfide) groups is 1. The first-order valence-electron chi connectivity index (χ1n) is 11.9. The molecule has 5 rings (SSSR count). The first kappa shape index (κ1) is 24.3. The Hall–Kier alpha value is -3.43. The van der Waals surface area contributed by atoms with Gasteiger partial charge in [0, 0.05) is 4.88 Å². The minimum absolute atomic E-state index is 0.0756. The second kappa shape index (κ2) is 11.1. The van der Waals surface area contributed by atoms with Gasteiger partial charge in [-0.15, -0.1) is 11.3 Å². The fourth-order valence-corrected chi connectivity index (χ4v) is 6.36. The summed E-state index contributed by atoms with van der Waals surface area (Å²) in [5.74, 6) is 0.540. The summed E-state index contributed by atoms with van der Waals surface area (Å²) in [6.07, 6.45) is 5.71. The van der Waals surface area contributed by atoms with Gasteiger partial charge in [-0.1, -0.05) is 42.1 Å². The van der Waals surface area contributed by atoms with Gasteiger partial charge in [0.1, 0.15) is 10.6 Å². The maximum atomic E-state index is 13.8. The molecular formula is C27H26N4O3S2. The molecule has 0 bridgehead atoms. The molecule has 2 heterocycles. The van der Waals surface area contributed by atoms with Crippen molar-refractivity contribution in [1.29, 1.82) is 0 Å². The van der Waals surface area contributed by atoms with Crippen LogP contribution in [-0.2, 0) is 17.6 Å². The highest BCUT2D eigenvalue weighted by Gasteiger charge is 2.23. The molecule has 1 aliphatic carbocycles. The summed E-state index contributed by atoms with van der Waals surface area (Å²) in [5, 5.41) is 5.23. The molecule has 36 heavy (non-hydrogen) atoms. The quantitative estimate of drug-likeness (QED) is 0.154. The molecule has 2 aromatic carbocycles. The fourth-order valence-electron chi connectivity index (χ4n) is 4.25. The summed E-state index contributed by atoms with van der Waals surface area (Å²) in [6, 6.07) is 16.9. The number of hydrogen-bond acceptors (Lipinski definition) is 7. The average Bonchev–Trinajstić information content (AvgIpc) is 3.28. The van der Waals surface area contributed by atoms with Crippen LogP contribution in [0.25, 0.3) is 15.9 Å². The molecule has 0 spiro atoms. The van der Waals surface area contributed by atoms with E-state index in [2.05, 4.69) is 10.5 Å². The molecule has 1 aliphatic rings. The van der Waals surface area contributed by atoms with Gasteiger partial charge in [-0.05, 0) is 68.0 Å². The molecule has 9 heteroatoms. The highest BCUT2D eigenvalue weighted by molar-refractivity contribution is 7.99. The summed E-state index contributed by atoms with van der Waals surface area (Å²) in [5.41, 5.74) is 5.19. The minimum Gasteiger partial charge on any atom is -0.494 e. The van der Waals surface area contributed by atoms with Crippen molar-refractivity contribution in [2.45, 2.75) is 37.8 Å². The van der Waals surface area contributed by atoms with E-state index < -0.39 is 0 Å². The number of carbonyl (C=O) groups excluding carboxylic acids is 1. The van der Waals surface area contributed by atoms with E-state index in [9.17, 15) is 9.59 Å².